The fraction of sp³-hybridized carbons (Fsp3) is 0.235. The van der Waals surface area contributed by atoms with Gasteiger partial charge in [0.05, 0.1) is 12.6 Å². The predicted molar refractivity (Wildman–Crippen MR) is 79.0 cm³/mol. The van der Waals surface area contributed by atoms with Gasteiger partial charge >= 0.3 is 0 Å². The number of aliphatic hydroxyl groups excluding tert-OH is 1. The van der Waals surface area contributed by atoms with Crippen molar-refractivity contribution in [1.29, 1.82) is 0 Å². The van der Waals surface area contributed by atoms with E-state index >= 15 is 0 Å². The lowest BCUT2D eigenvalue weighted by molar-refractivity contribution is -0.128. The van der Waals surface area contributed by atoms with Crippen molar-refractivity contribution in [2.45, 2.75) is 18.6 Å². The number of hydrogen-bond donors (Lipinski definition) is 2. The van der Waals surface area contributed by atoms with Crippen LogP contribution in [0.3, 0.4) is 0 Å². The zero-order chi connectivity index (χ0) is 14.7. The van der Waals surface area contributed by atoms with Crippen LogP contribution in [-0.2, 0) is 11.2 Å². The van der Waals surface area contributed by atoms with Gasteiger partial charge in [-0.25, -0.2) is 0 Å². The van der Waals surface area contributed by atoms with Crippen molar-refractivity contribution in [2.24, 2.45) is 0 Å². The van der Waals surface area contributed by atoms with E-state index in [0.717, 1.165) is 16.9 Å². The lowest BCUT2D eigenvalue weighted by Crippen LogP contribution is -2.40. The topological polar surface area (TPSA) is 58.6 Å². The summed E-state index contributed by atoms with van der Waals surface area (Å²) in [5.41, 5.74) is 1.92. The van der Waals surface area contributed by atoms with Gasteiger partial charge in [-0.3, -0.25) is 4.79 Å². The first kappa shape index (κ1) is 13.6. The molecule has 1 aliphatic rings. The second-order valence-electron chi connectivity index (χ2n) is 5.07. The fourth-order valence-electron chi connectivity index (χ4n) is 2.51. The summed E-state index contributed by atoms with van der Waals surface area (Å²) in [5, 5.41) is 12.3. The number of ether oxygens (including phenoxy) is 1. The first-order valence-corrected chi connectivity index (χ1v) is 6.98. The van der Waals surface area contributed by atoms with Crippen molar-refractivity contribution in [3.8, 4) is 5.75 Å². The van der Waals surface area contributed by atoms with Gasteiger partial charge in [-0.1, -0.05) is 48.5 Å². The number of aliphatic hydroxyl groups is 1. The Kier molecular flexibility index (Phi) is 3.88. The third-order valence-electron chi connectivity index (χ3n) is 3.64. The van der Waals surface area contributed by atoms with Gasteiger partial charge in [-0.05, 0) is 17.2 Å². The molecule has 1 aliphatic heterocycles. The van der Waals surface area contributed by atoms with Gasteiger partial charge < -0.3 is 15.2 Å². The Morgan fingerprint density at radius 2 is 1.90 bits per heavy atom. The number of amides is 1. The maximum Gasteiger partial charge on any atom is 0.261 e. The molecule has 3 rings (SSSR count). The molecule has 108 valence electrons. The van der Waals surface area contributed by atoms with Gasteiger partial charge in [0.2, 0.25) is 0 Å². The van der Waals surface area contributed by atoms with Crippen LogP contribution in [0, 0.1) is 0 Å². The van der Waals surface area contributed by atoms with Crippen LogP contribution in [0.15, 0.2) is 54.6 Å². The number of hydrogen-bond acceptors (Lipinski definition) is 3. The van der Waals surface area contributed by atoms with Crippen LogP contribution < -0.4 is 10.1 Å². The first-order valence-electron chi connectivity index (χ1n) is 6.98. The number of para-hydroxylation sites is 1. The second-order valence-corrected chi connectivity index (χ2v) is 5.07. The monoisotopic (exact) mass is 283 g/mol. The molecule has 0 aromatic heterocycles. The molecule has 0 saturated carbocycles. The van der Waals surface area contributed by atoms with Gasteiger partial charge in [0.1, 0.15) is 5.75 Å². The van der Waals surface area contributed by atoms with Crippen LogP contribution in [0.4, 0.5) is 0 Å². The highest BCUT2D eigenvalue weighted by Gasteiger charge is 2.30. The molecule has 0 aliphatic carbocycles. The molecule has 0 spiro atoms. The standard InChI is InChI=1S/C17H17NO3/c19-11-14(12-6-2-1-3-7-12)18-17(20)16-10-13-8-4-5-9-15(13)21-16/h1-9,14,16,19H,10-11H2,(H,18,20). The highest BCUT2D eigenvalue weighted by Crippen LogP contribution is 2.28. The van der Waals surface area contributed by atoms with Crippen molar-refractivity contribution in [2.75, 3.05) is 6.61 Å². The van der Waals surface area contributed by atoms with Gasteiger partial charge in [-0.2, -0.15) is 0 Å². The van der Waals surface area contributed by atoms with Crippen LogP contribution in [-0.4, -0.2) is 23.7 Å². The second kappa shape index (κ2) is 5.97. The van der Waals surface area contributed by atoms with Crippen LogP contribution in [0.25, 0.3) is 0 Å². The van der Waals surface area contributed by atoms with Gasteiger partial charge in [0.25, 0.3) is 5.91 Å². The van der Waals surface area contributed by atoms with Gasteiger partial charge in [0, 0.05) is 6.42 Å². The van der Waals surface area contributed by atoms with Crippen LogP contribution in [0.5, 0.6) is 5.75 Å². The summed E-state index contributed by atoms with van der Waals surface area (Å²) in [5.74, 6) is 0.562. The van der Waals surface area contributed by atoms with E-state index in [0.29, 0.717) is 6.42 Å². The first-order chi connectivity index (χ1) is 10.3. The Balaban J connectivity index is 1.67. The summed E-state index contributed by atoms with van der Waals surface area (Å²) in [6.07, 6.45) is 0.0368. The predicted octanol–water partition coefficient (Wildman–Crippen LogP) is 1.84. The minimum atomic E-state index is -0.528. The Hall–Kier alpha value is -2.33. The smallest absolute Gasteiger partial charge is 0.261 e. The van der Waals surface area contributed by atoms with Crippen molar-refractivity contribution < 1.29 is 14.6 Å². The van der Waals surface area contributed by atoms with E-state index in [4.69, 9.17) is 4.74 Å². The minimum Gasteiger partial charge on any atom is -0.480 e. The molecule has 4 heteroatoms. The van der Waals surface area contributed by atoms with Crippen molar-refractivity contribution in [3.05, 3.63) is 65.7 Å². The van der Waals surface area contributed by atoms with E-state index in [-0.39, 0.29) is 12.5 Å². The minimum absolute atomic E-state index is 0.143. The Morgan fingerprint density at radius 3 is 2.62 bits per heavy atom. The molecule has 0 saturated heterocycles. The van der Waals surface area contributed by atoms with Crippen LogP contribution >= 0.6 is 0 Å². The molecule has 1 amide bonds. The average molecular weight is 283 g/mol. The third-order valence-corrected chi connectivity index (χ3v) is 3.64. The number of rotatable bonds is 4. The molecular formula is C17H17NO3. The third kappa shape index (κ3) is 2.90. The largest absolute Gasteiger partial charge is 0.480 e. The summed E-state index contributed by atoms with van der Waals surface area (Å²) in [6.45, 7) is -0.143. The lowest BCUT2D eigenvalue weighted by Gasteiger charge is -2.19. The number of nitrogens with one attached hydrogen (secondary N) is 1. The number of carbonyl (C=O) groups is 1. The summed E-state index contributed by atoms with van der Waals surface area (Å²) in [6, 6.07) is 16.7. The average Bonchev–Trinajstić information content (AvgIpc) is 2.97. The van der Waals surface area contributed by atoms with E-state index < -0.39 is 12.1 Å². The normalized spacial score (nSPS) is 17.7. The van der Waals surface area contributed by atoms with E-state index in [1.165, 1.54) is 0 Å². The number of carbonyl (C=O) groups excluding carboxylic acids is 1. The highest BCUT2D eigenvalue weighted by atomic mass is 16.5. The molecule has 21 heavy (non-hydrogen) atoms. The van der Waals surface area contributed by atoms with E-state index in [1.807, 2.05) is 54.6 Å². The van der Waals surface area contributed by atoms with Crippen molar-refractivity contribution >= 4 is 5.91 Å². The summed E-state index contributed by atoms with van der Waals surface area (Å²) in [7, 11) is 0. The number of benzene rings is 2. The Bertz CT molecular complexity index is 602. The maximum atomic E-state index is 12.3. The molecule has 0 bridgehead atoms. The van der Waals surface area contributed by atoms with Crippen molar-refractivity contribution in [1.82, 2.24) is 5.32 Å². The zero-order valence-electron chi connectivity index (χ0n) is 11.5. The van der Waals surface area contributed by atoms with E-state index in [9.17, 15) is 9.90 Å². The maximum absolute atomic E-state index is 12.3. The highest BCUT2D eigenvalue weighted by molar-refractivity contribution is 5.83. The van der Waals surface area contributed by atoms with E-state index in [2.05, 4.69) is 5.32 Å². The molecule has 0 fully saturated rings. The molecule has 0 radical (unpaired) electrons. The summed E-state index contributed by atoms with van der Waals surface area (Å²) < 4.78 is 5.66. The van der Waals surface area contributed by atoms with Gasteiger partial charge in [0.15, 0.2) is 6.10 Å². The Morgan fingerprint density at radius 1 is 1.19 bits per heavy atom. The van der Waals surface area contributed by atoms with E-state index in [1.54, 1.807) is 0 Å². The lowest BCUT2D eigenvalue weighted by atomic mass is 10.1. The Labute approximate surface area is 123 Å². The molecule has 2 unspecified atom stereocenters. The SMILES string of the molecule is O=C(NC(CO)c1ccccc1)C1Cc2ccccc2O1. The zero-order valence-corrected chi connectivity index (χ0v) is 11.5. The van der Waals surface area contributed by atoms with Crippen LogP contribution in [0.1, 0.15) is 17.2 Å². The summed E-state index contributed by atoms with van der Waals surface area (Å²) >= 11 is 0. The molecule has 1 heterocycles. The summed E-state index contributed by atoms with van der Waals surface area (Å²) in [4.78, 5) is 12.3. The number of fused-ring (bicyclic) bond motifs is 1. The molecule has 2 aromatic rings. The molecular weight excluding hydrogens is 266 g/mol. The van der Waals surface area contributed by atoms with Crippen LogP contribution in [0.2, 0.25) is 0 Å². The molecule has 2 N–H and O–H groups in total. The van der Waals surface area contributed by atoms with Gasteiger partial charge in [-0.15, -0.1) is 0 Å². The molecule has 2 atom stereocenters. The molecule has 2 aromatic carbocycles. The molecule has 4 nitrogen and oxygen atoms in total. The van der Waals surface area contributed by atoms with Crippen molar-refractivity contribution in [3.63, 3.8) is 0 Å². The fourth-order valence-corrected chi connectivity index (χ4v) is 2.51. The quantitative estimate of drug-likeness (QED) is 0.900.